The first kappa shape index (κ1) is 7.12. The molecule has 1 rings (SSSR count). The molecular formula is C7H7F2N. The van der Waals surface area contributed by atoms with Gasteiger partial charge >= 0.3 is 0 Å². The molecule has 0 N–H and O–H groups in total. The molecule has 1 heterocycles. The predicted molar refractivity (Wildman–Crippen MR) is 33.6 cm³/mol. The van der Waals surface area contributed by atoms with Crippen LogP contribution in [0, 0.1) is 25.6 Å². The lowest BCUT2D eigenvalue weighted by molar-refractivity contribution is 0.533. The summed E-state index contributed by atoms with van der Waals surface area (Å²) in [4.78, 5) is 3.43. The first-order chi connectivity index (χ1) is 4.61. The SMILES string of the molecule is Cc1cc(F)c(C)c(F)n1. The van der Waals surface area contributed by atoms with Gasteiger partial charge in [0.2, 0.25) is 5.95 Å². The average molecular weight is 143 g/mol. The summed E-state index contributed by atoms with van der Waals surface area (Å²) in [5.74, 6) is -1.26. The summed E-state index contributed by atoms with van der Waals surface area (Å²) in [5.41, 5.74) is 0.339. The highest BCUT2D eigenvalue weighted by Crippen LogP contribution is 2.09. The normalized spacial score (nSPS) is 10.0. The summed E-state index contributed by atoms with van der Waals surface area (Å²) in [7, 11) is 0. The van der Waals surface area contributed by atoms with Crippen LogP contribution in [0.3, 0.4) is 0 Å². The van der Waals surface area contributed by atoms with E-state index in [0.29, 0.717) is 5.69 Å². The van der Waals surface area contributed by atoms with E-state index in [0.717, 1.165) is 0 Å². The zero-order chi connectivity index (χ0) is 7.72. The highest BCUT2D eigenvalue weighted by molar-refractivity contribution is 5.15. The van der Waals surface area contributed by atoms with Crippen molar-refractivity contribution in [2.75, 3.05) is 0 Å². The number of aryl methyl sites for hydroxylation is 1. The van der Waals surface area contributed by atoms with E-state index in [1.807, 2.05) is 0 Å². The van der Waals surface area contributed by atoms with E-state index in [4.69, 9.17) is 0 Å². The molecule has 3 heteroatoms. The third-order valence-corrected chi connectivity index (χ3v) is 1.28. The summed E-state index contributed by atoms with van der Waals surface area (Å²) in [6.07, 6.45) is 0. The Bertz CT molecular complexity index is 235. The second-order valence-electron chi connectivity index (χ2n) is 2.16. The summed E-state index contributed by atoms with van der Waals surface area (Å²) in [6, 6.07) is 1.21. The molecule has 0 atom stereocenters. The molecule has 0 aliphatic carbocycles. The molecule has 0 bridgehead atoms. The van der Waals surface area contributed by atoms with Crippen LogP contribution in [0.1, 0.15) is 11.3 Å². The standard InChI is InChI=1S/C7H7F2N/c1-4-3-6(8)5(2)7(9)10-4/h3H,1-2H3. The van der Waals surface area contributed by atoms with Gasteiger partial charge in [0.1, 0.15) is 5.82 Å². The fourth-order valence-corrected chi connectivity index (χ4v) is 0.661. The van der Waals surface area contributed by atoms with E-state index < -0.39 is 11.8 Å². The van der Waals surface area contributed by atoms with Crippen LogP contribution in [0.25, 0.3) is 0 Å². The van der Waals surface area contributed by atoms with Gasteiger partial charge in [0, 0.05) is 11.3 Å². The average Bonchev–Trinajstić information content (AvgIpc) is 1.82. The van der Waals surface area contributed by atoms with Crippen LogP contribution in [-0.4, -0.2) is 4.98 Å². The third kappa shape index (κ3) is 1.12. The van der Waals surface area contributed by atoms with Gasteiger partial charge in [0.05, 0.1) is 0 Å². The summed E-state index contributed by atoms with van der Waals surface area (Å²) in [5, 5.41) is 0. The van der Waals surface area contributed by atoms with E-state index >= 15 is 0 Å². The van der Waals surface area contributed by atoms with Gasteiger partial charge in [-0.25, -0.2) is 9.37 Å². The highest BCUT2D eigenvalue weighted by Gasteiger charge is 2.04. The highest BCUT2D eigenvalue weighted by atomic mass is 19.1. The zero-order valence-corrected chi connectivity index (χ0v) is 5.78. The Morgan fingerprint density at radius 1 is 1.30 bits per heavy atom. The maximum Gasteiger partial charge on any atom is 0.218 e. The Morgan fingerprint density at radius 3 is 2.40 bits per heavy atom. The Morgan fingerprint density at radius 2 is 1.90 bits per heavy atom. The number of hydrogen-bond acceptors (Lipinski definition) is 1. The van der Waals surface area contributed by atoms with Gasteiger partial charge in [-0.1, -0.05) is 0 Å². The van der Waals surface area contributed by atoms with Gasteiger partial charge in [-0.2, -0.15) is 4.39 Å². The van der Waals surface area contributed by atoms with Crippen LogP contribution >= 0.6 is 0 Å². The molecule has 1 aromatic heterocycles. The zero-order valence-electron chi connectivity index (χ0n) is 5.78. The summed E-state index contributed by atoms with van der Waals surface area (Å²) < 4.78 is 25.0. The summed E-state index contributed by atoms with van der Waals surface area (Å²) >= 11 is 0. The van der Waals surface area contributed by atoms with Crippen LogP contribution in [0.15, 0.2) is 6.07 Å². The monoisotopic (exact) mass is 143 g/mol. The lowest BCUT2D eigenvalue weighted by atomic mass is 10.2. The smallest absolute Gasteiger partial charge is 0.218 e. The molecule has 0 aliphatic heterocycles. The summed E-state index contributed by atoms with van der Waals surface area (Å²) in [6.45, 7) is 2.91. The molecule has 54 valence electrons. The van der Waals surface area contributed by atoms with Crippen molar-refractivity contribution in [1.29, 1.82) is 0 Å². The van der Waals surface area contributed by atoms with Crippen LogP contribution in [0.5, 0.6) is 0 Å². The number of aromatic nitrogens is 1. The minimum Gasteiger partial charge on any atom is -0.225 e. The maximum atomic E-state index is 12.6. The van der Waals surface area contributed by atoms with Crippen LogP contribution in [0.2, 0.25) is 0 Å². The van der Waals surface area contributed by atoms with E-state index in [-0.39, 0.29) is 5.56 Å². The van der Waals surface area contributed by atoms with Crippen molar-refractivity contribution in [3.8, 4) is 0 Å². The van der Waals surface area contributed by atoms with Crippen molar-refractivity contribution in [2.45, 2.75) is 13.8 Å². The van der Waals surface area contributed by atoms with E-state index in [1.165, 1.54) is 13.0 Å². The lowest BCUT2D eigenvalue weighted by Crippen LogP contribution is -1.94. The second-order valence-corrected chi connectivity index (χ2v) is 2.16. The number of nitrogens with zero attached hydrogens (tertiary/aromatic N) is 1. The predicted octanol–water partition coefficient (Wildman–Crippen LogP) is 1.98. The molecule has 0 saturated carbocycles. The molecule has 10 heavy (non-hydrogen) atoms. The number of halogens is 2. The van der Waals surface area contributed by atoms with Gasteiger partial charge in [-0.15, -0.1) is 0 Å². The van der Waals surface area contributed by atoms with E-state index in [1.54, 1.807) is 6.92 Å². The fraction of sp³-hybridized carbons (Fsp3) is 0.286. The first-order valence-corrected chi connectivity index (χ1v) is 2.90. The van der Waals surface area contributed by atoms with Crippen LogP contribution in [0.4, 0.5) is 8.78 Å². The van der Waals surface area contributed by atoms with Crippen molar-refractivity contribution < 1.29 is 8.78 Å². The molecule has 0 saturated heterocycles. The molecule has 0 radical (unpaired) electrons. The molecular weight excluding hydrogens is 136 g/mol. The molecule has 1 aromatic rings. The van der Waals surface area contributed by atoms with Gasteiger partial charge in [0.15, 0.2) is 0 Å². The van der Waals surface area contributed by atoms with Crippen LogP contribution < -0.4 is 0 Å². The Labute approximate surface area is 57.7 Å². The molecule has 0 aliphatic rings. The minimum atomic E-state index is -0.725. The molecule has 0 aromatic carbocycles. The van der Waals surface area contributed by atoms with Crippen molar-refractivity contribution in [3.63, 3.8) is 0 Å². The van der Waals surface area contributed by atoms with Crippen molar-refractivity contribution in [1.82, 2.24) is 4.98 Å². The van der Waals surface area contributed by atoms with Gasteiger partial charge < -0.3 is 0 Å². The fourth-order valence-electron chi connectivity index (χ4n) is 0.661. The Kier molecular flexibility index (Phi) is 1.66. The van der Waals surface area contributed by atoms with Crippen molar-refractivity contribution in [3.05, 3.63) is 29.1 Å². The number of pyridine rings is 1. The molecule has 0 amide bonds. The molecule has 0 spiro atoms. The minimum absolute atomic E-state index is 0.0226. The lowest BCUT2D eigenvalue weighted by Gasteiger charge is -1.97. The number of rotatable bonds is 0. The third-order valence-electron chi connectivity index (χ3n) is 1.28. The van der Waals surface area contributed by atoms with Crippen molar-refractivity contribution >= 4 is 0 Å². The van der Waals surface area contributed by atoms with E-state index in [9.17, 15) is 8.78 Å². The molecule has 0 unspecified atom stereocenters. The maximum absolute atomic E-state index is 12.6. The first-order valence-electron chi connectivity index (χ1n) is 2.90. The van der Waals surface area contributed by atoms with Gasteiger partial charge in [-0.05, 0) is 19.9 Å². The van der Waals surface area contributed by atoms with Gasteiger partial charge in [0.25, 0.3) is 0 Å². The van der Waals surface area contributed by atoms with Crippen LogP contribution in [-0.2, 0) is 0 Å². The largest absolute Gasteiger partial charge is 0.225 e. The number of hydrogen-bond donors (Lipinski definition) is 0. The Balaban J connectivity index is 3.31. The van der Waals surface area contributed by atoms with Gasteiger partial charge in [-0.3, -0.25) is 0 Å². The quantitative estimate of drug-likeness (QED) is 0.506. The molecule has 1 nitrogen and oxygen atoms in total. The topological polar surface area (TPSA) is 12.9 Å². The van der Waals surface area contributed by atoms with Crippen molar-refractivity contribution in [2.24, 2.45) is 0 Å². The Hall–Kier alpha value is -0.990. The van der Waals surface area contributed by atoms with E-state index in [2.05, 4.69) is 4.98 Å². The molecule has 0 fully saturated rings. The second kappa shape index (κ2) is 2.33.